The summed E-state index contributed by atoms with van der Waals surface area (Å²) in [6, 6.07) is 1.77. The van der Waals surface area contributed by atoms with Crippen LogP contribution in [-0.4, -0.2) is 138 Å². The molecule has 0 aromatic carbocycles. The van der Waals surface area contributed by atoms with Gasteiger partial charge in [-0.2, -0.15) is 0 Å². The molecule has 0 bridgehead atoms. The molecule has 76 heavy (non-hydrogen) atoms. The number of rotatable bonds is 13. The van der Waals surface area contributed by atoms with E-state index >= 15 is 0 Å². The normalized spacial score (nSPS) is 21.8. The summed E-state index contributed by atoms with van der Waals surface area (Å²) in [5.74, 6) is -0.624. The SMILES string of the molecule is CCN(C(=O)OCCl)[C@H]1C[C@H](C)S(=O)(=O)c2sc(S(N)(=O)=O)cc21.CCN(C(=O)OCOC(C)=O)[C@H]1C[C@H](C)S(=O)(=O)c2sc(S(N)(=O)=O)cc21.CCN[C@H]1C[C@H](C)S(=O)(=O)c2sc(S(N)(=O)=O)cc21.O=C(Cl)OCCl. The van der Waals surface area contributed by atoms with Crippen LogP contribution in [0.5, 0.6) is 0 Å². The maximum Gasteiger partial charge on any atom is 0.413 e. The lowest BCUT2D eigenvalue weighted by atomic mass is 10.0. The molecule has 3 aromatic rings. The molecular weight excluding hydrogens is 1260 g/mol. The first-order valence-corrected chi connectivity index (χ1v) is 34.9. The Morgan fingerprint density at radius 3 is 1.25 bits per heavy atom. The summed E-state index contributed by atoms with van der Waals surface area (Å²) in [7, 11) is -22.9. The average Bonchev–Trinajstić information content (AvgIpc) is 4.08. The van der Waals surface area contributed by atoms with Gasteiger partial charge in [-0.15, -0.1) is 34.0 Å². The molecular formula is C38H55Cl3N6O20S9. The number of primary sulfonamides is 3. The van der Waals surface area contributed by atoms with E-state index < -0.39 is 118 Å². The van der Waals surface area contributed by atoms with Crippen LogP contribution < -0.4 is 20.7 Å². The van der Waals surface area contributed by atoms with Gasteiger partial charge >= 0.3 is 23.6 Å². The van der Waals surface area contributed by atoms with E-state index in [2.05, 4.69) is 26.4 Å². The molecule has 0 aliphatic carbocycles. The standard InChI is InChI=1S/C14H20N2O8S3.C12H17ClN2O6S3.C10H16N2O4S3.C2H2Cl2O2/c1-4-16(14(18)24-7-23-9(3)17)11-5-8(2)26(19,20)13-10(11)6-12(25-13)27(15,21)22;1-3-15(12(16)21-6-13)9-4-7(2)23(17,18)11-8(9)5-10(22-11)24(14,19)20;1-3-12-8-4-6(2)18(13,14)10-7(8)5-9(17-10)19(11,15)16;3-1-6-2(4)5/h6,8,11H,4-5,7H2,1-3H3,(H2,15,21,22);5,7,9H,3-4,6H2,1-2H3,(H2,14,19,20);5-6,8,12H,3-4H2,1-2H3,(H2,11,15,16);1H2/t8-,11-;7-,9-;6-,8-;/m000./s1. The van der Waals surface area contributed by atoms with Crippen molar-refractivity contribution < 1.29 is 88.6 Å². The third-order valence-corrected chi connectivity index (χ3v) is 27.5. The number of sulfonamides is 3. The van der Waals surface area contributed by atoms with Crippen molar-refractivity contribution in [3.05, 3.63) is 34.9 Å². The summed E-state index contributed by atoms with van der Waals surface area (Å²) in [6.45, 7) is 11.6. The van der Waals surface area contributed by atoms with E-state index in [1.54, 1.807) is 20.8 Å². The number of sulfone groups is 3. The number of ether oxygens (including phenoxy) is 4. The smallest absolute Gasteiger partial charge is 0.413 e. The van der Waals surface area contributed by atoms with E-state index in [-0.39, 0.29) is 80.5 Å². The molecule has 0 saturated carbocycles. The van der Waals surface area contributed by atoms with Gasteiger partial charge in [0.05, 0.1) is 27.8 Å². The van der Waals surface area contributed by atoms with Crippen molar-refractivity contribution >= 4 is 152 Å². The summed E-state index contributed by atoms with van der Waals surface area (Å²) in [5, 5.41) is 16.4. The molecule has 38 heteroatoms. The van der Waals surface area contributed by atoms with Gasteiger partial charge < -0.3 is 34.1 Å². The number of nitrogens with two attached hydrogens (primary N) is 3. The summed E-state index contributed by atoms with van der Waals surface area (Å²) in [6.07, 6.45) is -0.888. The van der Waals surface area contributed by atoms with Crippen molar-refractivity contribution in [2.24, 2.45) is 15.4 Å². The van der Waals surface area contributed by atoms with Gasteiger partial charge in [0.1, 0.15) is 25.3 Å². The Labute approximate surface area is 467 Å². The van der Waals surface area contributed by atoms with Crippen LogP contribution in [0.2, 0.25) is 0 Å². The number of nitrogens with one attached hydrogen (secondary N) is 1. The average molecular weight is 1310 g/mol. The predicted octanol–water partition coefficient (Wildman–Crippen LogP) is 4.81. The highest BCUT2D eigenvalue weighted by Gasteiger charge is 2.45. The zero-order chi connectivity index (χ0) is 58.3. The lowest BCUT2D eigenvalue weighted by Gasteiger charge is -2.35. The Bertz CT molecular complexity index is 3310. The number of esters is 1. The lowest BCUT2D eigenvalue weighted by Crippen LogP contribution is -2.40. The molecule has 432 valence electrons. The van der Waals surface area contributed by atoms with Crippen LogP contribution in [0.4, 0.5) is 14.4 Å². The van der Waals surface area contributed by atoms with Crippen molar-refractivity contribution in [1.29, 1.82) is 0 Å². The summed E-state index contributed by atoms with van der Waals surface area (Å²) >= 11 is 16.8. The molecule has 3 aliphatic rings. The van der Waals surface area contributed by atoms with Gasteiger partial charge in [0.25, 0.3) is 0 Å². The molecule has 0 saturated heterocycles. The molecule has 3 aliphatic heterocycles. The molecule has 0 fully saturated rings. The second-order valence-corrected chi connectivity index (χ2v) is 33.2. The number of hydrogen-bond donors (Lipinski definition) is 4. The number of fused-ring (bicyclic) bond motifs is 3. The predicted molar refractivity (Wildman–Crippen MR) is 281 cm³/mol. The van der Waals surface area contributed by atoms with Gasteiger partial charge in [0, 0.05) is 54.3 Å². The quantitative estimate of drug-likeness (QED) is 0.0586. The number of nitrogens with zero attached hydrogens (tertiary/aromatic N) is 2. The van der Waals surface area contributed by atoms with Gasteiger partial charge in [-0.05, 0) is 78.6 Å². The number of carbonyl (C=O) groups is 4. The number of alkyl halides is 2. The Morgan fingerprint density at radius 2 is 0.947 bits per heavy atom. The second-order valence-electron chi connectivity index (χ2n) is 16.2. The van der Waals surface area contributed by atoms with E-state index in [1.165, 1.54) is 41.8 Å². The summed E-state index contributed by atoms with van der Waals surface area (Å²) in [5.41, 5.74) is 0.0860. The number of thiophene rings is 3. The first-order valence-electron chi connectivity index (χ1n) is 21.8. The third kappa shape index (κ3) is 16.3. The van der Waals surface area contributed by atoms with Crippen LogP contribution >= 0.6 is 68.8 Å². The molecule has 0 radical (unpaired) electrons. The second kappa shape index (κ2) is 27.0. The lowest BCUT2D eigenvalue weighted by molar-refractivity contribution is -0.149. The molecule has 6 heterocycles. The third-order valence-electron chi connectivity index (χ3n) is 11.2. The van der Waals surface area contributed by atoms with Gasteiger partial charge in [-0.25, -0.2) is 80.3 Å². The van der Waals surface area contributed by atoms with Crippen LogP contribution in [0.3, 0.4) is 0 Å². The maximum atomic E-state index is 12.6. The highest BCUT2D eigenvalue weighted by atomic mass is 35.5. The number of amides is 2. The van der Waals surface area contributed by atoms with Crippen molar-refractivity contribution in [3.8, 4) is 0 Å². The van der Waals surface area contributed by atoms with Crippen molar-refractivity contribution in [3.63, 3.8) is 0 Å². The summed E-state index contributed by atoms with van der Waals surface area (Å²) in [4.78, 5) is 47.3. The highest BCUT2D eigenvalue weighted by Crippen LogP contribution is 2.47. The Balaban J connectivity index is 0.000000288. The van der Waals surface area contributed by atoms with E-state index in [4.69, 9.17) is 48.1 Å². The van der Waals surface area contributed by atoms with Crippen LogP contribution in [0.25, 0.3) is 0 Å². The topological polar surface area (TPSA) is 407 Å². The van der Waals surface area contributed by atoms with E-state index in [0.717, 1.165) is 18.3 Å². The van der Waals surface area contributed by atoms with Crippen LogP contribution in [0.15, 0.2) is 43.5 Å². The number of carbonyl (C=O) groups excluding carboxylic acids is 4. The van der Waals surface area contributed by atoms with Crippen LogP contribution in [0, 0.1) is 0 Å². The monoisotopic (exact) mass is 1310 g/mol. The molecule has 26 nitrogen and oxygen atoms in total. The largest absolute Gasteiger partial charge is 0.437 e. The molecule has 6 rings (SSSR count). The van der Waals surface area contributed by atoms with Crippen molar-refractivity contribution in [1.82, 2.24) is 15.1 Å². The first-order chi connectivity index (χ1) is 34.9. The fraction of sp³-hybridized carbons (Fsp3) is 0.579. The molecule has 6 atom stereocenters. The fourth-order valence-electron chi connectivity index (χ4n) is 7.56. The van der Waals surface area contributed by atoms with Crippen molar-refractivity contribution in [2.45, 2.75) is 127 Å². The Morgan fingerprint density at radius 1 is 0.605 bits per heavy atom. The minimum Gasteiger partial charge on any atom is -0.437 e. The number of halogens is 3. The van der Waals surface area contributed by atoms with E-state index in [9.17, 15) is 69.7 Å². The fourth-order valence-corrected chi connectivity index (χ4v) is 21.1. The zero-order valence-electron chi connectivity index (χ0n) is 41.2. The van der Waals surface area contributed by atoms with Gasteiger partial charge in [-0.3, -0.25) is 4.79 Å². The van der Waals surface area contributed by atoms with Gasteiger partial charge in [0.15, 0.2) is 41.6 Å². The Hall–Kier alpha value is -3.01. The molecule has 2 amide bonds. The minimum atomic E-state index is -4.10. The van der Waals surface area contributed by atoms with Crippen LogP contribution in [-0.2, 0) is 83.3 Å². The maximum absolute atomic E-state index is 12.6. The first kappa shape index (κ1) is 67.3. The van der Waals surface area contributed by atoms with E-state index in [0.29, 0.717) is 41.2 Å². The molecule has 7 N–H and O–H groups in total. The summed E-state index contributed by atoms with van der Waals surface area (Å²) < 4.78 is 161. The minimum absolute atomic E-state index is 0.0621. The van der Waals surface area contributed by atoms with Crippen molar-refractivity contribution in [2.75, 3.05) is 38.6 Å². The van der Waals surface area contributed by atoms with Gasteiger partial charge in [-0.1, -0.05) is 30.1 Å². The zero-order valence-corrected chi connectivity index (χ0v) is 50.8. The molecule has 3 aromatic heterocycles. The van der Waals surface area contributed by atoms with Gasteiger partial charge in [0.2, 0.25) is 36.9 Å². The Kier molecular flexibility index (Phi) is 23.9. The highest BCUT2D eigenvalue weighted by molar-refractivity contribution is 7.96. The van der Waals surface area contributed by atoms with Crippen LogP contribution in [0.1, 0.15) is 103 Å². The molecule has 0 spiro atoms. The molecule has 0 unspecified atom stereocenters. The van der Waals surface area contributed by atoms with E-state index in [1.807, 2.05) is 6.92 Å². The number of hydrogen-bond acceptors (Lipinski definition) is 24.